The van der Waals surface area contributed by atoms with Crippen molar-refractivity contribution in [1.29, 1.82) is 0 Å². The van der Waals surface area contributed by atoms with Crippen molar-refractivity contribution in [3.05, 3.63) is 95.1 Å². The van der Waals surface area contributed by atoms with E-state index in [2.05, 4.69) is 85.9 Å². The summed E-state index contributed by atoms with van der Waals surface area (Å²) in [5.41, 5.74) is 5.00. The highest BCUT2D eigenvalue weighted by atomic mass is 16.5. The van der Waals surface area contributed by atoms with Crippen LogP contribution in [0.4, 0.5) is 0 Å². The Balaban J connectivity index is 1.53. The van der Waals surface area contributed by atoms with E-state index in [1.54, 1.807) is 0 Å². The second kappa shape index (κ2) is 11.4. The molecular weight excluding hydrogens is 370 g/mol. The summed E-state index contributed by atoms with van der Waals surface area (Å²) in [6.45, 7) is 8.30. The number of hydrogen-bond donors (Lipinski definition) is 1. The summed E-state index contributed by atoms with van der Waals surface area (Å²) in [4.78, 5) is 0. The molecule has 0 saturated carbocycles. The number of aryl methyl sites for hydroxylation is 2. The molecule has 3 heteroatoms. The normalized spacial score (nSPS) is 11.8. The lowest BCUT2D eigenvalue weighted by Crippen LogP contribution is -2.26. The Morgan fingerprint density at radius 1 is 0.800 bits per heavy atom. The van der Waals surface area contributed by atoms with Crippen LogP contribution in [0.1, 0.15) is 42.5 Å². The molecule has 0 aliphatic carbocycles. The highest BCUT2D eigenvalue weighted by Gasteiger charge is 2.09. The Bertz CT molecular complexity index is 890. The highest BCUT2D eigenvalue weighted by molar-refractivity contribution is 5.43. The van der Waals surface area contributed by atoms with E-state index in [4.69, 9.17) is 9.47 Å². The second-order valence-electron chi connectivity index (χ2n) is 7.79. The monoisotopic (exact) mass is 403 g/mol. The van der Waals surface area contributed by atoms with Crippen LogP contribution in [0.3, 0.4) is 0 Å². The first kappa shape index (κ1) is 21.9. The molecule has 1 atom stereocenters. The number of ether oxygens (including phenoxy) is 2. The van der Waals surface area contributed by atoms with Crippen LogP contribution in [-0.4, -0.2) is 12.6 Å². The molecule has 0 saturated heterocycles. The number of nitrogens with one attached hydrogen (secondary N) is 1. The third kappa shape index (κ3) is 6.93. The third-order valence-corrected chi connectivity index (χ3v) is 5.19. The molecule has 0 fully saturated rings. The Hall–Kier alpha value is -2.78. The Morgan fingerprint density at radius 3 is 2.27 bits per heavy atom. The maximum Gasteiger partial charge on any atom is 0.161 e. The van der Waals surface area contributed by atoms with Gasteiger partial charge in [-0.05, 0) is 62.4 Å². The zero-order chi connectivity index (χ0) is 21.2. The topological polar surface area (TPSA) is 30.5 Å². The Morgan fingerprint density at radius 2 is 1.53 bits per heavy atom. The van der Waals surface area contributed by atoms with Gasteiger partial charge in [0.2, 0.25) is 0 Å². The summed E-state index contributed by atoms with van der Waals surface area (Å²) in [5.74, 6) is 1.60. The van der Waals surface area contributed by atoms with E-state index in [0.29, 0.717) is 19.3 Å². The number of hydrogen-bond acceptors (Lipinski definition) is 3. The van der Waals surface area contributed by atoms with Gasteiger partial charge < -0.3 is 14.8 Å². The van der Waals surface area contributed by atoms with E-state index in [1.165, 1.54) is 16.7 Å². The fourth-order valence-corrected chi connectivity index (χ4v) is 3.32. The van der Waals surface area contributed by atoms with Gasteiger partial charge in [-0.15, -0.1) is 0 Å². The average Bonchev–Trinajstić information content (AvgIpc) is 2.77. The van der Waals surface area contributed by atoms with Gasteiger partial charge in [0, 0.05) is 12.6 Å². The first-order valence-electron chi connectivity index (χ1n) is 10.9. The molecule has 3 aromatic carbocycles. The molecular formula is C27H33NO2. The zero-order valence-corrected chi connectivity index (χ0v) is 18.4. The maximum atomic E-state index is 6.04. The van der Waals surface area contributed by atoms with Crippen molar-refractivity contribution in [1.82, 2.24) is 5.32 Å². The van der Waals surface area contributed by atoms with E-state index in [0.717, 1.165) is 36.4 Å². The predicted molar refractivity (Wildman–Crippen MR) is 124 cm³/mol. The standard InChI is InChI=1S/C27H33NO2/c1-4-29-27-18-25(19-28-22(3)12-15-23-8-6-5-7-9-23)16-17-26(27)30-20-24-13-10-21(2)11-14-24/h5-11,13-14,16-18,22,28H,4,12,15,19-20H2,1-3H3/t22-/m0/s1. The molecule has 0 heterocycles. The van der Waals surface area contributed by atoms with Gasteiger partial charge >= 0.3 is 0 Å². The zero-order valence-electron chi connectivity index (χ0n) is 18.4. The van der Waals surface area contributed by atoms with Crippen molar-refractivity contribution in [2.45, 2.75) is 52.8 Å². The molecule has 0 aliphatic rings. The Kier molecular flexibility index (Phi) is 8.34. The summed E-state index contributed by atoms with van der Waals surface area (Å²) >= 11 is 0. The van der Waals surface area contributed by atoms with E-state index in [9.17, 15) is 0 Å². The summed E-state index contributed by atoms with van der Waals surface area (Å²) in [6, 6.07) is 25.7. The van der Waals surface area contributed by atoms with Crippen LogP contribution in [0.25, 0.3) is 0 Å². The van der Waals surface area contributed by atoms with Gasteiger partial charge in [0.25, 0.3) is 0 Å². The first-order chi connectivity index (χ1) is 14.6. The maximum absolute atomic E-state index is 6.04. The van der Waals surface area contributed by atoms with Gasteiger partial charge in [0.15, 0.2) is 11.5 Å². The van der Waals surface area contributed by atoms with Gasteiger partial charge in [0.05, 0.1) is 6.61 Å². The van der Waals surface area contributed by atoms with Crippen molar-refractivity contribution < 1.29 is 9.47 Å². The minimum absolute atomic E-state index is 0.443. The minimum atomic E-state index is 0.443. The molecule has 30 heavy (non-hydrogen) atoms. The summed E-state index contributed by atoms with van der Waals surface area (Å²) in [7, 11) is 0. The largest absolute Gasteiger partial charge is 0.490 e. The third-order valence-electron chi connectivity index (χ3n) is 5.19. The average molecular weight is 404 g/mol. The van der Waals surface area contributed by atoms with E-state index in [-0.39, 0.29) is 0 Å². The van der Waals surface area contributed by atoms with Gasteiger partial charge in [-0.2, -0.15) is 0 Å². The van der Waals surface area contributed by atoms with Gasteiger partial charge in [-0.25, -0.2) is 0 Å². The summed E-state index contributed by atoms with van der Waals surface area (Å²) in [6.07, 6.45) is 2.20. The van der Waals surface area contributed by atoms with Crippen LogP contribution in [0.5, 0.6) is 11.5 Å². The van der Waals surface area contributed by atoms with Crippen molar-refractivity contribution >= 4 is 0 Å². The molecule has 0 aromatic heterocycles. The fraction of sp³-hybridized carbons (Fsp3) is 0.333. The molecule has 0 aliphatic heterocycles. The molecule has 3 aromatic rings. The first-order valence-corrected chi connectivity index (χ1v) is 10.9. The van der Waals surface area contributed by atoms with Crippen LogP contribution < -0.4 is 14.8 Å². The fourth-order valence-electron chi connectivity index (χ4n) is 3.32. The van der Waals surface area contributed by atoms with Crippen LogP contribution in [-0.2, 0) is 19.6 Å². The predicted octanol–water partition coefficient (Wildman–Crippen LogP) is 6.08. The SMILES string of the molecule is CCOc1cc(CN[C@@H](C)CCc2ccccc2)ccc1OCc1ccc(C)cc1. The molecule has 0 unspecified atom stereocenters. The molecule has 1 N–H and O–H groups in total. The quantitative estimate of drug-likeness (QED) is 0.421. The Labute approximate surface area is 181 Å². The van der Waals surface area contributed by atoms with Gasteiger partial charge in [-0.1, -0.05) is 66.2 Å². The van der Waals surface area contributed by atoms with Gasteiger partial charge in [-0.3, -0.25) is 0 Å². The molecule has 0 radical (unpaired) electrons. The van der Waals surface area contributed by atoms with Gasteiger partial charge in [0.1, 0.15) is 6.61 Å². The van der Waals surface area contributed by atoms with E-state index >= 15 is 0 Å². The van der Waals surface area contributed by atoms with E-state index in [1.807, 2.05) is 13.0 Å². The number of benzene rings is 3. The van der Waals surface area contributed by atoms with Crippen LogP contribution in [0, 0.1) is 6.92 Å². The van der Waals surface area contributed by atoms with Crippen LogP contribution >= 0.6 is 0 Å². The molecule has 3 nitrogen and oxygen atoms in total. The molecule has 0 spiro atoms. The molecule has 158 valence electrons. The summed E-state index contributed by atoms with van der Waals surface area (Å²) < 4.78 is 11.9. The molecule has 0 bridgehead atoms. The number of rotatable bonds is 11. The minimum Gasteiger partial charge on any atom is -0.490 e. The van der Waals surface area contributed by atoms with Crippen molar-refractivity contribution in [3.8, 4) is 11.5 Å². The lowest BCUT2D eigenvalue weighted by atomic mass is 10.1. The van der Waals surface area contributed by atoms with Crippen LogP contribution in [0.2, 0.25) is 0 Å². The molecule has 0 amide bonds. The second-order valence-corrected chi connectivity index (χ2v) is 7.79. The van der Waals surface area contributed by atoms with Crippen LogP contribution in [0.15, 0.2) is 72.8 Å². The van der Waals surface area contributed by atoms with E-state index < -0.39 is 0 Å². The lowest BCUT2D eigenvalue weighted by Gasteiger charge is -2.16. The van der Waals surface area contributed by atoms with Crippen molar-refractivity contribution in [3.63, 3.8) is 0 Å². The molecule has 3 rings (SSSR count). The van der Waals surface area contributed by atoms with Crippen molar-refractivity contribution in [2.24, 2.45) is 0 Å². The summed E-state index contributed by atoms with van der Waals surface area (Å²) in [5, 5.41) is 3.62. The lowest BCUT2D eigenvalue weighted by molar-refractivity contribution is 0.269. The highest BCUT2D eigenvalue weighted by Crippen LogP contribution is 2.29. The van der Waals surface area contributed by atoms with Crippen molar-refractivity contribution in [2.75, 3.05) is 6.61 Å². The smallest absolute Gasteiger partial charge is 0.161 e.